The molecule has 0 saturated carbocycles. The van der Waals surface area contributed by atoms with E-state index in [2.05, 4.69) is 37.2 Å². The zero-order valence-corrected chi connectivity index (χ0v) is 15.0. The number of hydrogen-bond acceptors (Lipinski definition) is 3. The molecule has 7 heteroatoms. The van der Waals surface area contributed by atoms with Gasteiger partial charge in [0.15, 0.2) is 0 Å². The molecule has 0 spiro atoms. The number of fused-ring (bicyclic) bond motifs is 1. The second-order valence-electron chi connectivity index (χ2n) is 4.96. The Morgan fingerprint density at radius 2 is 2.11 bits per heavy atom. The third kappa shape index (κ3) is 3.18. The van der Waals surface area contributed by atoms with Crippen LogP contribution in [0, 0.1) is 11.8 Å². The van der Waals surface area contributed by atoms with E-state index in [9.17, 15) is 4.79 Å². The lowest BCUT2D eigenvalue weighted by Crippen LogP contribution is -2.43. The van der Waals surface area contributed by atoms with Crippen molar-refractivity contribution >= 4 is 61.5 Å². The molecule has 0 bridgehead atoms. The largest absolute Gasteiger partial charge is 0.338 e. The standard InChI is InChI=1S/C12H14Br2N2OS.ClH/c13-10-3-9(11(14)18-10)12(17)16-2-1-7-4-15-5-8(7)6-16;/h3,7-8,15H,1-2,4-6H2;1H. The molecule has 0 radical (unpaired) electrons. The molecule has 2 saturated heterocycles. The van der Waals surface area contributed by atoms with Crippen LogP contribution in [0.4, 0.5) is 0 Å². The topological polar surface area (TPSA) is 32.3 Å². The molecule has 1 aromatic heterocycles. The van der Waals surface area contributed by atoms with Crippen molar-refractivity contribution in [2.24, 2.45) is 11.8 Å². The minimum Gasteiger partial charge on any atom is -0.338 e. The van der Waals surface area contributed by atoms with Gasteiger partial charge in [0, 0.05) is 13.1 Å². The highest BCUT2D eigenvalue weighted by Gasteiger charge is 2.35. The number of hydrogen-bond donors (Lipinski definition) is 1. The fourth-order valence-electron chi connectivity index (χ4n) is 2.88. The molecule has 106 valence electrons. The van der Waals surface area contributed by atoms with Gasteiger partial charge in [0.25, 0.3) is 5.91 Å². The Labute approximate surface area is 139 Å². The van der Waals surface area contributed by atoms with Crippen molar-refractivity contribution in [2.45, 2.75) is 6.42 Å². The van der Waals surface area contributed by atoms with E-state index < -0.39 is 0 Å². The first-order valence-electron chi connectivity index (χ1n) is 6.10. The van der Waals surface area contributed by atoms with E-state index in [1.54, 1.807) is 11.3 Å². The summed E-state index contributed by atoms with van der Waals surface area (Å²) in [5.74, 6) is 1.57. The predicted octanol–water partition coefficient (Wildman–Crippen LogP) is 3.38. The number of nitrogens with one attached hydrogen (secondary N) is 1. The normalized spacial score (nSPS) is 25.9. The second kappa shape index (κ2) is 6.43. The molecule has 3 rings (SSSR count). The van der Waals surface area contributed by atoms with Crippen molar-refractivity contribution in [1.29, 1.82) is 0 Å². The van der Waals surface area contributed by atoms with E-state index in [1.165, 1.54) is 0 Å². The first kappa shape index (κ1) is 15.8. The molecular weight excluding hydrogens is 415 g/mol. The van der Waals surface area contributed by atoms with Crippen molar-refractivity contribution in [1.82, 2.24) is 10.2 Å². The second-order valence-corrected chi connectivity index (χ2v) is 8.71. The summed E-state index contributed by atoms with van der Waals surface area (Å²) in [6, 6.07) is 1.91. The van der Waals surface area contributed by atoms with E-state index >= 15 is 0 Å². The van der Waals surface area contributed by atoms with Gasteiger partial charge >= 0.3 is 0 Å². The smallest absolute Gasteiger partial charge is 0.255 e. The summed E-state index contributed by atoms with van der Waals surface area (Å²) in [6.45, 7) is 3.97. The van der Waals surface area contributed by atoms with Gasteiger partial charge in [0.05, 0.1) is 13.1 Å². The van der Waals surface area contributed by atoms with Crippen LogP contribution in [0.25, 0.3) is 0 Å². The molecule has 2 aliphatic rings. The minimum absolute atomic E-state index is 0. The number of nitrogens with zero attached hydrogens (tertiary/aromatic N) is 1. The van der Waals surface area contributed by atoms with Crippen molar-refractivity contribution in [3.63, 3.8) is 0 Å². The number of likely N-dealkylation sites (tertiary alicyclic amines) is 1. The number of carbonyl (C=O) groups excluding carboxylic acids is 1. The zero-order valence-electron chi connectivity index (χ0n) is 10.2. The van der Waals surface area contributed by atoms with Gasteiger partial charge in [0.2, 0.25) is 0 Å². The monoisotopic (exact) mass is 428 g/mol. The lowest BCUT2D eigenvalue weighted by molar-refractivity contribution is 0.0642. The highest BCUT2D eigenvalue weighted by atomic mass is 79.9. The maximum atomic E-state index is 12.5. The van der Waals surface area contributed by atoms with Crippen LogP contribution >= 0.6 is 55.6 Å². The van der Waals surface area contributed by atoms with Gasteiger partial charge in [-0.15, -0.1) is 23.7 Å². The van der Waals surface area contributed by atoms with Crippen LogP contribution in [0.3, 0.4) is 0 Å². The van der Waals surface area contributed by atoms with E-state index in [0.29, 0.717) is 5.92 Å². The predicted molar refractivity (Wildman–Crippen MR) is 87.3 cm³/mol. The van der Waals surface area contributed by atoms with Crippen molar-refractivity contribution < 1.29 is 4.79 Å². The molecule has 1 N–H and O–H groups in total. The average Bonchev–Trinajstić information content (AvgIpc) is 2.93. The third-order valence-corrected chi connectivity index (χ3v) is 6.22. The van der Waals surface area contributed by atoms with E-state index in [0.717, 1.165) is 51.7 Å². The van der Waals surface area contributed by atoms with Crippen molar-refractivity contribution in [3.8, 4) is 0 Å². The van der Waals surface area contributed by atoms with Gasteiger partial charge < -0.3 is 10.2 Å². The molecule has 3 heterocycles. The van der Waals surface area contributed by atoms with Gasteiger partial charge in [-0.2, -0.15) is 0 Å². The summed E-state index contributed by atoms with van der Waals surface area (Å²) in [6.07, 6.45) is 1.13. The Hall–Kier alpha value is 0.380. The highest BCUT2D eigenvalue weighted by molar-refractivity contribution is 9.12. The third-order valence-electron chi connectivity index (χ3n) is 3.88. The van der Waals surface area contributed by atoms with Crippen LogP contribution in [-0.2, 0) is 0 Å². The molecular formula is C12H15Br2ClN2OS. The van der Waals surface area contributed by atoms with Gasteiger partial charge in [-0.25, -0.2) is 0 Å². The Bertz CT molecular complexity index is 482. The SMILES string of the molecule is Cl.O=C(c1cc(Br)sc1Br)N1CCC2CNCC2C1. The quantitative estimate of drug-likeness (QED) is 0.741. The van der Waals surface area contributed by atoms with E-state index in [-0.39, 0.29) is 18.3 Å². The van der Waals surface area contributed by atoms with Crippen LogP contribution in [-0.4, -0.2) is 37.0 Å². The lowest BCUT2D eigenvalue weighted by Gasteiger charge is -2.34. The molecule has 2 atom stereocenters. The molecule has 0 aliphatic carbocycles. The lowest BCUT2D eigenvalue weighted by atomic mass is 9.88. The van der Waals surface area contributed by atoms with Crippen molar-refractivity contribution in [2.75, 3.05) is 26.2 Å². The number of carbonyl (C=O) groups is 1. The summed E-state index contributed by atoms with van der Waals surface area (Å²) in [4.78, 5) is 14.5. The Morgan fingerprint density at radius 3 is 2.79 bits per heavy atom. The van der Waals surface area contributed by atoms with Gasteiger partial charge in [-0.1, -0.05) is 0 Å². The maximum absolute atomic E-state index is 12.5. The number of halogens is 3. The number of amides is 1. The molecule has 1 amide bonds. The zero-order chi connectivity index (χ0) is 12.7. The summed E-state index contributed by atoms with van der Waals surface area (Å²) >= 11 is 8.45. The highest BCUT2D eigenvalue weighted by Crippen LogP contribution is 2.34. The van der Waals surface area contributed by atoms with E-state index in [1.807, 2.05) is 11.0 Å². The molecule has 0 aromatic carbocycles. The van der Waals surface area contributed by atoms with Crippen molar-refractivity contribution in [3.05, 3.63) is 19.2 Å². The fourth-order valence-corrected chi connectivity index (χ4v) is 5.65. The number of piperidine rings is 1. The van der Waals surface area contributed by atoms with Crippen LogP contribution in [0.1, 0.15) is 16.8 Å². The van der Waals surface area contributed by atoms with Crippen LogP contribution < -0.4 is 5.32 Å². The Kier molecular flexibility index (Phi) is 5.34. The first-order valence-corrected chi connectivity index (χ1v) is 8.50. The van der Waals surface area contributed by atoms with Crippen LogP contribution in [0.5, 0.6) is 0 Å². The van der Waals surface area contributed by atoms with E-state index in [4.69, 9.17) is 0 Å². The Morgan fingerprint density at radius 1 is 1.37 bits per heavy atom. The Balaban J connectivity index is 0.00000133. The summed E-state index contributed by atoms with van der Waals surface area (Å²) in [5.41, 5.74) is 0.788. The molecule has 19 heavy (non-hydrogen) atoms. The van der Waals surface area contributed by atoms with Gasteiger partial charge in [-0.3, -0.25) is 4.79 Å². The maximum Gasteiger partial charge on any atom is 0.255 e. The number of thiophene rings is 1. The summed E-state index contributed by atoms with van der Waals surface area (Å²) in [7, 11) is 0. The molecule has 2 fully saturated rings. The fraction of sp³-hybridized carbons (Fsp3) is 0.583. The minimum atomic E-state index is 0. The molecule has 2 unspecified atom stereocenters. The first-order chi connectivity index (χ1) is 8.65. The van der Waals surface area contributed by atoms with Crippen LogP contribution in [0.15, 0.2) is 13.6 Å². The summed E-state index contributed by atoms with van der Waals surface area (Å²) in [5, 5.41) is 3.43. The van der Waals surface area contributed by atoms with Crippen LogP contribution in [0.2, 0.25) is 0 Å². The molecule has 3 nitrogen and oxygen atoms in total. The summed E-state index contributed by atoms with van der Waals surface area (Å²) < 4.78 is 1.92. The molecule has 2 aliphatic heterocycles. The van der Waals surface area contributed by atoms with Gasteiger partial charge in [0.1, 0.15) is 0 Å². The van der Waals surface area contributed by atoms with Gasteiger partial charge in [-0.05, 0) is 69.3 Å². The average molecular weight is 431 g/mol. The number of rotatable bonds is 1. The molecule has 1 aromatic rings.